The largest absolute Gasteiger partial charge is 0.378 e. The van der Waals surface area contributed by atoms with Gasteiger partial charge in [0, 0.05) is 34.4 Å². The van der Waals surface area contributed by atoms with E-state index >= 15 is 0 Å². The Hall–Kier alpha value is -0.380. The lowest BCUT2D eigenvalue weighted by molar-refractivity contribution is -0.114. The molecule has 18 heavy (non-hydrogen) atoms. The molecule has 1 aliphatic rings. The Morgan fingerprint density at radius 2 is 2.17 bits per heavy atom. The van der Waals surface area contributed by atoms with Gasteiger partial charge >= 0.3 is 0 Å². The predicted octanol–water partition coefficient (Wildman–Crippen LogP) is 3.66. The van der Waals surface area contributed by atoms with Gasteiger partial charge in [0.05, 0.1) is 6.10 Å². The monoisotopic (exact) mass is 267 g/mol. The van der Waals surface area contributed by atoms with Gasteiger partial charge in [-0.25, -0.2) is 0 Å². The van der Waals surface area contributed by atoms with Gasteiger partial charge < -0.3 is 10.1 Å². The number of aryl methyl sites for hydroxylation is 2. The highest BCUT2D eigenvalue weighted by Crippen LogP contribution is 2.42. The molecule has 0 amide bonds. The van der Waals surface area contributed by atoms with Crippen molar-refractivity contribution in [2.24, 2.45) is 5.41 Å². The molecule has 0 spiro atoms. The lowest BCUT2D eigenvalue weighted by Crippen LogP contribution is -2.60. The van der Waals surface area contributed by atoms with Gasteiger partial charge in [0.15, 0.2) is 0 Å². The summed E-state index contributed by atoms with van der Waals surface area (Å²) in [6, 6.07) is 2.88. The van der Waals surface area contributed by atoms with Gasteiger partial charge in [0.1, 0.15) is 0 Å². The van der Waals surface area contributed by atoms with Crippen molar-refractivity contribution in [3.63, 3.8) is 0 Å². The molecule has 102 valence electrons. The fourth-order valence-electron chi connectivity index (χ4n) is 2.68. The molecule has 1 N–H and O–H groups in total. The fourth-order valence-corrected chi connectivity index (χ4v) is 3.68. The van der Waals surface area contributed by atoms with Gasteiger partial charge in [-0.1, -0.05) is 13.8 Å². The molecule has 1 aromatic rings. The Morgan fingerprint density at radius 3 is 2.67 bits per heavy atom. The van der Waals surface area contributed by atoms with E-state index < -0.39 is 0 Å². The molecule has 0 radical (unpaired) electrons. The third-order valence-corrected chi connectivity index (χ3v) is 5.44. The second kappa shape index (κ2) is 5.32. The van der Waals surface area contributed by atoms with Crippen molar-refractivity contribution in [1.82, 2.24) is 5.32 Å². The van der Waals surface area contributed by atoms with E-state index in [-0.39, 0.29) is 5.41 Å². The van der Waals surface area contributed by atoms with Crippen LogP contribution in [0.5, 0.6) is 0 Å². The average Bonchev–Trinajstić information content (AvgIpc) is 2.62. The van der Waals surface area contributed by atoms with Crippen LogP contribution in [0, 0.1) is 19.3 Å². The Morgan fingerprint density at radius 1 is 1.44 bits per heavy atom. The Labute approximate surface area is 115 Å². The van der Waals surface area contributed by atoms with Crippen molar-refractivity contribution in [3.8, 4) is 0 Å². The normalized spacial score (nSPS) is 26.1. The Bertz CT molecular complexity index is 391. The molecule has 1 aliphatic carbocycles. The maximum Gasteiger partial charge on any atom is 0.0655 e. The maximum absolute atomic E-state index is 5.76. The van der Waals surface area contributed by atoms with Crippen molar-refractivity contribution >= 4 is 11.3 Å². The minimum absolute atomic E-state index is 0.261. The van der Waals surface area contributed by atoms with E-state index in [0.717, 1.165) is 19.6 Å². The summed E-state index contributed by atoms with van der Waals surface area (Å²) in [7, 11) is 0. The summed E-state index contributed by atoms with van der Waals surface area (Å²) < 4.78 is 5.76. The number of hydrogen-bond donors (Lipinski definition) is 1. The lowest BCUT2D eigenvalue weighted by atomic mass is 9.64. The summed E-state index contributed by atoms with van der Waals surface area (Å²) in [5.41, 5.74) is 1.68. The van der Waals surface area contributed by atoms with Crippen molar-refractivity contribution in [2.75, 3.05) is 6.61 Å². The minimum Gasteiger partial charge on any atom is -0.378 e. The highest BCUT2D eigenvalue weighted by Gasteiger charge is 2.48. The van der Waals surface area contributed by atoms with E-state index in [1.54, 1.807) is 0 Å². The van der Waals surface area contributed by atoms with Gasteiger partial charge in [-0.3, -0.25) is 0 Å². The van der Waals surface area contributed by atoms with Gasteiger partial charge in [0.25, 0.3) is 0 Å². The predicted molar refractivity (Wildman–Crippen MR) is 78.2 cm³/mol. The summed E-state index contributed by atoms with van der Waals surface area (Å²) in [4.78, 5) is 2.88. The summed E-state index contributed by atoms with van der Waals surface area (Å²) in [6.45, 7) is 12.9. The highest BCUT2D eigenvalue weighted by atomic mass is 32.1. The van der Waals surface area contributed by atoms with Crippen LogP contribution in [0.15, 0.2) is 6.07 Å². The van der Waals surface area contributed by atoms with Crippen molar-refractivity contribution in [3.05, 3.63) is 21.4 Å². The molecule has 1 heterocycles. The lowest BCUT2D eigenvalue weighted by Gasteiger charge is -2.51. The molecule has 0 saturated heterocycles. The summed E-state index contributed by atoms with van der Waals surface area (Å²) in [6.07, 6.45) is 1.57. The molecule has 0 bridgehead atoms. The van der Waals surface area contributed by atoms with Gasteiger partial charge in [-0.05, 0) is 38.8 Å². The first-order valence-corrected chi connectivity index (χ1v) is 7.67. The fraction of sp³-hybridized carbons (Fsp3) is 0.733. The second-order valence-corrected chi connectivity index (χ2v) is 7.23. The smallest absolute Gasteiger partial charge is 0.0655 e. The van der Waals surface area contributed by atoms with Gasteiger partial charge in [-0.2, -0.15) is 0 Å². The van der Waals surface area contributed by atoms with E-state index in [9.17, 15) is 0 Å². The van der Waals surface area contributed by atoms with E-state index in [2.05, 4.69) is 46.0 Å². The van der Waals surface area contributed by atoms with Crippen molar-refractivity contribution in [1.29, 1.82) is 0 Å². The Balaban J connectivity index is 1.85. The molecule has 1 saturated carbocycles. The molecule has 2 atom stereocenters. The molecule has 2 rings (SSSR count). The quantitative estimate of drug-likeness (QED) is 0.879. The molecular weight excluding hydrogens is 242 g/mol. The van der Waals surface area contributed by atoms with Crippen LogP contribution in [0.3, 0.4) is 0 Å². The zero-order chi connectivity index (χ0) is 13.3. The van der Waals surface area contributed by atoms with Gasteiger partial charge in [0.2, 0.25) is 0 Å². The van der Waals surface area contributed by atoms with Crippen LogP contribution in [-0.2, 0) is 11.3 Å². The Kier molecular flexibility index (Phi) is 4.15. The first-order valence-electron chi connectivity index (χ1n) is 6.86. The second-order valence-electron chi connectivity index (χ2n) is 5.89. The van der Waals surface area contributed by atoms with Crippen LogP contribution in [0.25, 0.3) is 0 Å². The zero-order valence-corrected chi connectivity index (χ0v) is 13.0. The van der Waals surface area contributed by atoms with Crippen LogP contribution in [0.4, 0.5) is 0 Å². The number of rotatable bonds is 5. The third kappa shape index (κ3) is 2.63. The molecule has 1 aromatic heterocycles. The van der Waals surface area contributed by atoms with Crippen LogP contribution in [-0.4, -0.2) is 18.8 Å². The van der Waals surface area contributed by atoms with E-state index in [1.165, 1.54) is 15.3 Å². The van der Waals surface area contributed by atoms with Crippen LogP contribution >= 0.6 is 11.3 Å². The van der Waals surface area contributed by atoms with Crippen LogP contribution in [0.1, 0.15) is 42.5 Å². The first-order chi connectivity index (χ1) is 8.45. The summed E-state index contributed by atoms with van der Waals surface area (Å²) >= 11 is 1.91. The van der Waals surface area contributed by atoms with Crippen molar-refractivity contribution < 1.29 is 4.74 Å². The molecule has 2 nitrogen and oxygen atoms in total. The number of nitrogens with one attached hydrogen (secondary N) is 1. The summed E-state index contributed by atoms with van der Waals surface area (Å²) in [5.74, 6) is 0. The van der Waals surface area contributed by atoms with E-state index in [1.807, 2.05) is 11.3 Å². The van der Waals surface area contributed by atoms with Crippen LogP contribution in [0.2, 0.25) is 0 Å². The molecule has 0 aliphatic heterocycles. The summed E-state index contributed by atoms with van der Waals surface area (Å²) in [5, 5.41) is 3.69. The highest BCUT2D eigenvalue weighted by molar-refractivity contribution is 7.12. The molecular formula is C15H25NOS. The standard InChI is InChI=1S/C15H25NOS/c1-6-17-14-8-13(15(14,4)5)16-9-12-7-10(2)11(3)18-12/h7,13-14,16H,6,8-9H2,1-5H3. The minimum atomic E-state index is 0.261. The average molecular weight is 267 g/mol. The maximum atomic E-state index is 5.76. The first kappa shape index (κ1) is 14.0. The zero-order valence-electron chi connectivity index (χ0n) is 12.2. The van der Waals surface area contributed by atoms with E-state index in [4.69, 9.17) is 4.74 Å². The third-order valence-electron chi connectivity index (χ3n) is 4.29. The molecule has 1 fully saturated rings. The van der Waals surface area contributed by atoms with E-state index in [0.29, 0.717) is 12.1 Å². The van der Waals surface area contributed by atoms with Crippen LogP contribution < -0.4 is 5.32 Å². The number of ether oxygens (including phenoxy) is 1. The van der Waals surface area contributed by atoms with Crippen molar-refractivity contribution in [2.45, 2.75) is 59.7 Å². The topological polar surface area (TPSA) is 21.3 Å². The number of hydrogen-bond acceptors (Lipinski definition) is 3. The number of thiophene rings is 1. The molecule has 2 unspecified atom stereocenters. The van der Waals surface area contributed by atoms with Gasteiger partial charge in [-0.15, -0.1) is 11.3 Å². The molecule has 0 aromatic carbocycles. The molecule has 3 heteroatoms. The SMILES string of the molecule is CCOC1CC(NCc2cc(C)c(C)s2)C1(C)C.